The van der Waals surface area contributed by atoms with Gasteiger partial charge in [-0.25, -0.2) is 4.79 Å². The number of esters is 1. The molecule has 0 amide bonds. The molecule has 132 valence electrons. The number of hydrogen-bond acceptors (Lipinski definition) is 4. The molecule has 0 saturated carbocycles. The van der Waals surface area contributed by atoms with Gasteiger partial charge >= 0.3 is 5.97 Å². The Morgan fingerprint density at radius 1 is 0.963 bits per heavy atom. The largest absolute Gasteiger partial charge is 0.452 e. The molecule has 1 heterocycles. The van der Waals surface area contributed by atoms with Gasteiger partial charge in [0.15, 0.2) is 5.76 Å². The smallest absolute Gasteiger partial charge is 0.343 e. The number of fused-ring (bicyclic) bond motifs is 1. The number of benzene rings is 3. The number of carbonyl (C=O) groups is 2. The van der Waals surface area contributed by atoms with E-state index in [1.807, 2.05) is 30.3 Å². The minimum absolute atomic E-state index is 0.195. The average molecular weight is 421 g/mol. The normalized spacial score (nSPS) is 14.0. The number of hydrogen-bond donors (Lipinski definition) is 0. The Balaban J connectivity index is 1.55. The Hall–Kier alpha value is -3.18. The lowest BCUT2D eigenvalue weighted by molar-refractivity contribution is 0.0734. The molecule has 4 nitrogen and oxygen atoms in total. The lowest BCUT2D eigenvalue weighted by Gasteiger charge is -2.05. The van der Waals surface area contributed by atoms with Crippen LogP contribution in [0.15, 0.2) is 83.0 Å². The van der Waals surface area contributed by atoms with Gasteiger partial charge in [0.05, 0.1) is 11.1 Å². The summed E-state index contributed by atoms with van der Waals surface area (Å²) < 4.78 is 11.9. The molecular weight excluding hydrogens is 408 g/mol. The molecule has 0 aromatic heterocycles. The van der Waals surface area contributed by atoms with Crippen LogP contribution in [0.3, 0.4) is 0 Å². The average Bonchev–Trinajstić information content (AvgIpc) is 2.98. The van der Waals surface area contributed by atoms with Crippen LogP contribution in [-0.2, 0) is 0 Å². The Morgan fingerprint density at radius 3 is 2.44 bits per heavy atom. The molecule has 0 spiro atoms. The number of allylic oxidation sites excluding steroid dienone is 1. The van der Waals surface area contributed by atoms with Gasteiger partial charge in [-0.3, -0.25) is 4.79 Å². The first-order valence-corrected chi connectivity index (χ1v) is 9.00. The fraction of sp³-hybridized carbons (Fsp3) is 0. The molecule has 0 unspecified atom stereocenters. The van der Waals surface area contributed by atoms with Crippen molar-refractivity contribution in [3.63, 3.8) is 0 Å². The Kier molecular flexibility index (Phi) is 4.60. The van der Waals surface area contributed by atoms with Gasteiger partial charge in [0.25, 0.3) is 0 Å². The summed E-state index contributed by atoms with van der Waals surface area (Å²) in [7, 11) is 0. The maximum absolute atomic E-state index is 12.5. The molecular formula is C22H13BrO4. The maximum atomic E-state index is 12.5. The van der Waals surface area contributed by atoms with Crippen molar-refractivity contribution >= 4 is 33.8 Å². The molecule has 0 N–H and O–H groups in total. The Labute approximate surface area is 164 Å². The van der Waals surface area contributed by atoms with Crippen molar-refractivity contribution < 1.29 is 19.1 Å². The molecule has 1 aliphatic rings. The summed E-state index contributed by atoms with van der Waals surface area (Å²) in [5, 5.41) is 0. The summed E-state index contributed by atoms with van der Waals surface area (Å²) in [5.41, 5.74) is 1.75. The highest BCUT2D eigenvalue weighted by atomic mass is 79.9. The number of Topliss-reactive ketones (excluding diaryl/α,β-unsaturated/α-hetero) is 1. The molecule has 1 aliphatic heterocycles. The zero-order valence-electron chi connectivity index (χ0n) is 14.0. The zero-order chi connectivity index (χ0) is 18.8. The van der Waals surface area contributed by atoms with Gasteiger partial charge in [-0.15, -0.1) is 0 Å². The van der Waals surface area contributed by atoms with Crippen LogP contribution >= 0.6 is 15.9 Å². The molecule has 3 aromatic rings. The van der Waals surface area contributed by atoms with E-state index in [9.17, 15) is 9.59 Å². The molecule has 27 heavy (non-hydrogen) atoms. The van der Waals surface area contributed by atoms with Gasteiger partial charge < -0.3 is 9.47 Å². The fourth-order valence-electron chi connectivity index (χ4n) is 2.68. The SMILES string of the molecule is O=C(Oc1ccc2c(c1)O/C(=C\c1ccccc1)C2=O)c1ccc(Br)cc1. The number of ether oxygens (including phenoxy) is 2. The first-order chi connectivity index (χ1) is 13.1. The van der Waals surface area contributed by atoms with E-state index in [0.29, 0.717) is 22.6 Å². The third-order valence-corrected chi connectivity index (χ3v) is 4.56. The van der Waals surface area contributed by atoms with Gasteiger partial charge in [-0.1, -0.05) is 46.3 Å². The van der Waals surface area contributed by atoms with E-state index in [1.54, 1.807) is 48.5 Å². The molecule has 0 saturated heterocycles. The van der Waals surface area contributed by atoms with E-state index in [4.69, 9.17) is 9.47 Å². The van der Waals surface area contributed by atoms with Gasteiger partial charge in [-0.2, -0.15) is 0 Å². The van der Waals surface area contributed by atoms with Gasteiger partial charge in [0, 0.05) is 10.5 Å². The monoisotopic (exact) mass is 420 g/mol. The highest BCUT2D eigenvalue weighted by molar-refractivity contribution is 9.10. The van der Waals surface area contributed by atoms with Crippen molar-refractivity contribution in [3.05, 3.63) is 99.7 Å². The van der Waals surface area contributed by atoms with Crippen molar-refractivity contribution in [2.75, 3.05) is 0 Å². The molecule has 4 rings (SSSR count). The lowest BCUT2D eigenvalue weighted by Crippen LogP contribution is -2.08. The van der Waals surface area contributed by atoms with Crippen LogP contribution in [0.25, 0.3) is 6.08 Å². The quantitative estimate of drug-likeness (QED) is 0.328. The summed E-state index contributed by atoms with van der Waals surface area (Å²) in [6.07, 6.45) is 1.69. The van der Waals surface area contributed by atoms with Crippen molar-refractivity contribution in [2.45, 2.75) is 0 Å². The van der Waals surface area contributed by atoms with Crippen LogP contribution in [0.2, 0.25) is 0 Å². The van der Waals surface area contributed by atoms with Crippen LogP contribution in [0.4, 0.5) is 0 Å². The van der Waals surface area contributed by atoms with E-state index < -0.39 is 5.97 Å². The first kappa shape index (κ1) is 17.2. The van der Waals surface area contributed by atoms with Crippen molar-refractivity contribution in [1.82, 2.24) is 0 Å². The molecule has 0 aliphatic carbocycles. The van der Waals surface area contributed by atoms with Crippen LogP contribution in [0, 0.1) is 0 Å². The van der Waals surface area contributed by atoms with Crippen molar-refractivity contribution in [2.24, 2.45) is 0 Å². The second-order valence-corrected chi connectivity index (χ2v) is 6.82. The molecule has 0 bridgehead atoms. The van der Waals surface area contributed by atoms with Crippen LogP contribution in [-0.4, -0.2) is 11.8 Å². The minimum Gasteiger partial charge on any atom is -0.452 e. The molecule has 3 aromatic carbocycles. The van der Waals surface area contributed by atoms with Gasteiger partial charge in [-0.05, 0) is 48.0 Å². The predicted octanol–water partition coefficient (Wildman–Crippen LogP) is 5.28. The maximum Gasteiger partial charge on any atom is 0.343 e. The van der Waals surface area contributed by atoms with Crippen LogP contribution in [0.1, 0.15) is 26.3 Å². The van der Waals surface area contributed by atoms with Crippen LogP contribution in [0.5, 0.6) is 11.5 Å². The Bertz CT molecular complexity index is 1050. The third kappa shape index (κ3) is 3.68. The lowest BCUT2D eigenvalue weighted by atomic mass is 10.1. The molecule has 5 heteroatoms. The number of ketones is 1. The van der Waals surface area contributed by atoms with Crippen molar-refractivity contribution in [3.8, 4) is 11.5 Å². The second-order valence-electron chi connectivity index (χ2n) is 5.90. The second kappa shape index (κ2) is 7.21. The highest BCUT2D eigenvalue weighted by Gasteiger charge is 2.28. The topological polar surface area (TPSA) is 52.6 Å². The standard InChI is InChI=1S/C22H13BrO4/c23-16-8-6-15(7-9-16)22(25)26-17-10-11-18-19(13-17)27-20(21(18)24)12-14-4-2-1-3-5-14/h1-13H/b20-12-. The predicted molar refractivity (Wildman–Crippen MR) is 105 cm³/mol. The number of rotatable bonds is 3. The van der Waals surface area contributed by atoms with E-state index >= 15 is 0 Å². The highest BCUT2D eigenvalue weighted by Crippen LogP contribution is 2.35. The summed E-state index contributed by atoms with van der Waals surface area (Å²) in [6.45, 7) is 0. The number of halogens is 1. The summed E-state index contributed by atoms with van der Waals surface area (Å²) in [6, 6.07) is 21.1. The molecule has 0 fully saturated rings. The first-order valence-electron chi connectivity index (χ1n) is 8.21. The van der Waals surface area contributed by atoms with Gasteiger partial charge in [0.1, 0.15) is 11.5 Å². The Morgan fingerprint density at radius 2 is 1.70 bits per heavy atom. The molecule has 0 atom stereocenters. The summed E-state index contributed by atoms with van der Waals surface area (Å²) in [4.78, 5) is 24.7. The van der Waals surface area contributed by atoms with Crippen LogP contribution < -0.4 is 9.47 Å². The summed E-state index contributed by atoms with van der Waals surface area (Å²) in [5.74, 6) is 0.262. The van der Waals surface area contributed by atoms with Gasteiger partial charge in [0.2, 0.25) is 5.78 Å². The van der Waals surface area contributed by atoms with E-state index in [1.165, 1.54) is 0 Å². The fourth-order valence-corrected chi connectivity index (χ4v) is 2.95. The number of carbonyl (C=O) groups excluding carboxylic acids is 2. The van der Waals surface area contributed by atoms with E-state index in [0.717, 1.165) is 10.0 Å². The summed E-state index contributed by atoms with van der Waals surface area (Å²) >= 11 is 3.32. The van der Waals surface area contributed by atoms with E-state index in [2.05, 4.69) is 15.9 Å². The minimum atomic E-state index is -0.480. The molecule has 0 radical (unpaired) electrons. The zero-order valence-corrected chi connectivity index (χ0v) is 15.6. The van der Waals surface area contributed by atoms with Crippen molar-refractivity contribution in [1.29, 1.82) is 0 Å². The van der Waals surface area contributed by atoms with E-state index in [-0.39, 0.29) is 11.5 Å². The third-order valence-electron chi connectivity index (χ3n) is 4.03.